The second-order valence-electron chi connectivity index (χ2n) is 5.67. The lowest BCUT2D eigenvalue weighted by Crippen LogP contribution is -2.40. The van der Waals surface area contributed by atoms with Crippen LogP contribution in [0.5, 0.6) is 0 Å². The number of aliphatic hydroxyl groups is 1. The summed E-state index contributed by atoms with van der Waals surface area (Å²) in [5, 5.41) is 15.7. The first kappa shape index (κ1) is 18.2. The normalized spacial score (nSPS) is 13.1. The Kier molecular flexibility index (Phi) is 7.03. The van der Waals surface area contributed by atoms with Crippen molar-refractivity contribution in [2.75, 3.05) is 13.2 Å². The maximum absolute atomic E-state index is 12.0. The van der Waals surface area contributed by atoms with Crippen LogP contribution in [0.1, 0.15) is 24.2 Å². The summed E-state index contributed by atoms with van der Waals surface area (Å²) in [6.45, 7) is 2.23. The second-order valence-corrected chi connectivity index (χ2v) is 6.08. The van der Waals surface area contributed by atoms with Gasteiger partial charge in [0, 0.05) is 36.0 Å². The van der Waals surface area contributed by atoms with Crippen LogP contribution in [0.25, 0.3) is 0 Å². The van der Waals surface area contributed by atoms with E-state index in [0.717, 1.165) is 11.3 Å². The fourth-order valence-electron chi connectivity index (χ4n) is 2.40. The minimum atomic E-state index is -0.290. The molecule has 0 aliphatic heterocycles. The van der Waals surface area contributed by atoms with Gasteiger partial charge in [0.1, 0.15) is 0 Å². The third kappa shape index (κ3) is 5.51. The summed E-state index contributed by atoms with van der Waals surface area (Å²) in [7, 11) is 0. The molecule has 2 rings (SSSR count). The lowest BCUT2D eigenvalue weighted by molar-refractivity contribution is 0.212. The van der Waals surface area contributed by atoms with E-state index >= 15 is 0 Å². The second kappa shape index (κ2) is 9.25. The molecule has 1 aromatic heterocycles. The predicted molar refractivity (Wildman–Crippen MR) is 94.9 cm³/mol. The molecule has 2 amide bonds. The molecule has 128 valence electrons. The van der Waals surface area contributed by atoms with Gasteiger partial charge in [-0.3, -0.25) is 4.98 Å². The number of aliphatic hydroxyl groups excluding tert-OH is 1. The van der Waals surface area contributed by atoms with Gasteiger partial charge in [-0.1, -0.05) is 35.9 Å². The highest BCUT2D eigenvalue weighted by molar-refractivity contribution is 6.31. The predicted octanol–water partition coefficient (Wildman–Crippen LogP) is 2.95. The molecule has 3 N–H and O–H groups in total. The Morgan fingerprint density at radius 2 is 2.00 bits per heavy atom. The average Bonchev–Trinajstić information content (AvgIpc) is 2.59. The summed E-state index contributed by atoms with van der Waals surface area (Å²) in [5.41, 5.74) is 1.75. The van der Waals surface area contributed by atoms with Gasteiger partial charge in [-0.15, -0.1) is 0 Å². The summed E-state index contributed by atoms with van der Waals surface area (Å²) < 4.78 is 0. The van der Waals surface area contributed by atoms with Crippen LogP contribution in [0.15, 0.2) is 48.7 Å². The number of nitrogens with zero attached hydrogens (tertiary/aromatic N) is 1. The molecule has 0 aliphatic carbocycles. The van der Waals surface area contributed by atoms with E-state index in [9.17, 15) is 9.90 Å². The molecular formula is C18H22ClN3O2. The molecule has 1 heterocycles. The Bertz CT molecular complexity index is 652. The summed E-state index contributed by atoms with van der Waals surface area (Å²) in [4.78, 5) is 16.3. The van der Waals surface area contributed by atoms with Gasteiger partial charge < -0.3 is 15.7 Å². The molecule has 5 nitrogen and oxygen atoms in total. The van der Waals surface area contributed by atoms with Gasteiger partial charge in [-0.2, -0.15) is 0 Å². The third-order valence-corrected chi connectivity index (χ3v) is 4.10. The monoisotopic (exact) mass is 347 g/mol. The number of hydrogen-bond acceptors (Lipinski definition) is 3. The average molecular weight is 348 g/mol. The molecule has 0 radical (unpaired) electrons. The van der Waals surface area contributed by atoms with Gasteiger partial charge in [0.2, 0.25) is 0 Å². The van der Waals surface area contributed by atoms with Crippen molar-refractivity contribution in [3.8, 4) is 0 Å². The summed E-state index contributed by atoms with van der Waals surface area (Å²) in [6, 6.07) is 12.6. The van der Waals surface area contributed by atoms with Gasteiger partial charge in [-0.05, 0) is 37.1 Å². The van der Waals surface area contributed by atoms with E-state index in [1.807, 2.05) is 43.3 Å². The number of amides is 2. The molecule has 0 spiro atoms. The molecule has 2 unspecified atom stereocenters. The van der Waals surface area contributed by atoms with Crippen LogP contribution in [0, 0.1) is 5.92 Å². The minimum Gasteiger partial charge on any atom is -0.396 e. The number of rotatable bonds is 7. The zero-order valence-electron chi connectivity index (χ0n) is 13.6. The van der Waals surface area contributed by atoms with Crippen molar-refractivity contribution >= 4 is 17.6 Å². The molecule has 2 atom stereocenters. The standard InChI is InChI=1S/C18H22ClN3O2/c1-13(16-7-2-3-8-17(16)19)22-18(24)21-11-14(12-23)10-15-6-4-5-9-20-15/h2-9,13-14,23H,10-12H2,1H3,(H2,21,22,24). The van der Waals surface area contributed by atoms with Crippen molar-refractivity contribution in [1.82, 2.24) is 15.6 Å². The first-order chi connectivity index (χ1) is 11.6. The lowest BCUT2D eigenvalue weighted by atomic mass is 10.0. The zero-order chi connectivity index (χ0) is 17.4. The van der Waals surface area contributed by atoms with Crippen molar-refractivity contribution in [2.45, 2.75) is 19.4 Å². The first-order valence-electron chi connectivity index (χ1n) is 7.89. The van der Waals surface area contributed by atoms with Crippen LogP contribution in [0.3, 0.4) is 0 Å². The van der Waals surface area contributed by atoms with Crippen molar-refractivity contribution < 1.29 is 9.90 Å². The van der Waals surface area contributed by atoms with Crippen LogP contribution >= 0.6 is 11.6 Å². The van der Waals surface area contributed by atoms with Gasteiger partial charge in [0.05, 0.1) is 6.04 Å². The quantitative estimate of drug-likeness (QED) is 0.721. The number of benzene rings is 1. The number of pyridine rings is 1. The van der Waals surface area contributed by atoms with E-state index in [0.29, 0.717) is 18.0 Å². The SMILES string of the molecule is CC(NC(=O)NCC(CO)Cc1ccccn1)c1ccccc1Cl. The number of aromatic nitrogens is 1. The highest BCUT2D eigenvalue weighted by Crippen LogP contribution is 2.21. The van der Waals surface area contributed by atoms with E-state index in [4.69, 9.17) is 11.6 Å². The molecule has 0 saturated heterocycles. The molecule has 0 saturated carbocycles. The Hall–Kier alpha value is -2.11. The van der Waals surface area contributed by atoms with Crippen LogP contribution in [0.4, 0.5) is 4.79 Å². The highest BCUT2D eigenvalue weighted by Gasteiger charge is 2.14. The van der Waals surface area contributed by atoms with Crippen LogP contribution in [-0.4, -0.2) is 29.3 Å². The summed E-state index contributed by atoms with van der Waals surface area (Å²) >= 11 is 6.13. The largest absolute Gasteiger partial charge is 0.396 e. The summed E-state index contributed by atoms with van der Waals surface area (Å²) in [5.74, 6) is -0.0822. The number of nitrogens with one attached hydrogen (secondary N) is 2. The molecule has 0 aliphatic rings. The fourth-order valence-corrected chi connectivity index (χ4v) is 2.70. The maximum atomic E-state index is 12.0. The molecule has 2 aromatic rings. The van der Waals surface area contributed by atoms with E-state index in [-0.39, 0.29) is 24.6 Å². The molecule has 0 bridgehead atoms. The Morgan fingerprint density at radius 3 is 2.67 bits per heavy atom. The number of hydrogen-bond donors (Lipinski definition) is 3. The topological polar surface area (TPSA) is 74.2 Å². The molecule has 0 fully saturated rings. The Morgan fingerprint density at radius 1 is 1.25 bits per heavy atom. The smallest absolute Gasteiger partial charge is 0.315 e. The van der Waals surface area contributed by atoms with Crippen molar-refractivity contribution in [3.05, 3.63) is 64.9 Å². The van der Waals surface area contributed by atoms with E-state index in [1.54, 1.807) is 12.3 Å². The highest BCUT2D eigenvalue weighted by atomic mass is 35.5. The van der Waals surface area contributed by atoms with Crippen LogP contribution in [0.2, 0.25) is 5.02 Å². The van der Waals surface area contributed by atoms with Crippen molar-refractivity contribution in [1.29, 1.82) is 0 Å². The van der Waals surface area contributed by atoms with E-state index < -0.39 is 0 Å². The van der Waals surface area contributed by atoms with Crippen molar-refractivity contribution in [3.63, 3.8) is 0 Å². The van der Waals surface area contributed by atoms with Crippen molar-refractivity contribution in [2.24, 2.45) is 5.92 Å². The van der Waals surface area contributed by atoms with Gasteiger partial charge in [0.25, 0.3) is 0 Å². The number of halogens is 1. The fraction of sp³-hybridized carbons (Fsp3) is 0.333. The number of carbonyl (C=O) groups excluding carboxylic acids is 1. The summed E-state index contributed by atoms with van der Waals surface area (Å²) in [6.07, 6.45) is 2.33. The minimum absolute atomic E-state index is 0.0169. The number of urea groups is 1. The molecule has 24 heavy (non-hydrogen) atoms. The van der Waals surface area contributed by atoms with Gasteiger partial charge in [0.15, 0.2) is 0 Å². The zero-order valence-corrected chi connectivity index (χ0v) is 14.3. The lowest BCUT2D eigenvalue weighted by Gasteiger charge is -2.18. The Balaban J connectivity index is 1.82. The van der Waals surface area contributed by atoms with E-state index in [1.165, 1.54) is 0 Å². The van der Waals surface area contributed by atoms with Gasteiger partial charge in [-0.25, -0.2) is 4.79 Å². The third-order valence-electron chi connectivity index (χ3n) is 3.75. The molecule has 6 heteroatoms. The Labute approximate surface area is 147 Å². The molecular weight excluding hydrogens is 326 g/mol. The van der Waals surface area contributed by atoms with Crippen LogP contribution < -0.4 is 10.6 Å². The van der Waals surface area contributed by atoms with E-state index in [2.05, 4.69) is 15.6 Å². The molecule has 1 aromatic carbocycles. The van der Waals surface area contributed by atoms with Gasteiger partial charge >= 0.3 is 6.03 Å². The maximum Gasteiger partial charge on any atom is 0.315 e. The number of carbonyl (C=O) groups is 1. The van der Waals surface area contributed by atoms with Crippen LogP contribution in [-0.2, 0) is 6.42 Å². The first-order valence-corrected chi connectivity index (χ1v) is 8.27.